The summed E-state index contributed by atoms with van der Waals surface area (Å²) < 4.78 is 24.9. The van der Waals surface area contributed by atoms with Gasteiger partial charge in [-0.15, -0.1) is 0 Å². The number of hydrogen-bond donors (Lipinski definition) is 1. The zero-order valence-electron chi connectivity index (χ0n) is 16.8. The van der Waals surface area contributed by atoms with Gasteiger partial charge in [-0.05, 0) is 73.9 Å². The first-order chi connectivity index (χ1) is 14.1. The number of ether oxygens (including phenoxy) is 2. The maximum absolute atomic E-state index is 13.2. The van der Waals surface area contributed by atoms with Crippen molar-refractivity contribution >= 4 is 5.91 Å². The van der Waals surface area contributed by atoms with E-state index in [1.54, 1.807) is 19.2 Å². The van der Waals surface area contributed by atoms with Gasteiger partial charge in [-0.25, -0.2) is 4.39 Å². The van der Waals surface area contributed by atoms with E-state index in [1.165, 1.54) is 25.0 Å². The molecule has 4 nitrogen and oxygen atoms in total. The van der Waals surface area contributed by atoms with E-state index in [2.05, 4.69) is 17.4 Å². The lowest BCUT2D eigenvalue weighted by Gasteiger charge is -2.30. The minimum Gasteiger partial charge on any atom is -0.493 e. The number of benzene rings is 2. The average molecular weight is 397 g/mol. The summed E-state index contributed by atoms with van der Waals surface area (Å²) in [6, 6.07) is 12.5. The van der Waals surface area contributed by atoms with Gasteiger partial charge < -0.3 is 14.8 Å². The Balaban J connectivity index is 1.49. The summed E-state index contributed by atoms with van der Waals surface area (Å²) in [6.07, 6.45) is 6.25. The Morgan fingerprint density at radius 3 is 2.55 bits per heavy atom. The first-order valence-corrected chi connectivity index (χ1v) is 10.5. The highest BCUT2D eigenvalue weighted by molar-refractivity contribution is 5.80. The quantitative estimate of drug-likeness (QED) is 0.774. The van der Waals surface area contributed by atoms with E-state index in [0.717, 1.165) is 41.9 Å². The lowest BCUT2D eigenvalue weighted by molar-refractivity contribution is -0.126. The summed E-state index contributed by atoms with van der Waals surface area (Å²) in [5.74, 6) is 1.46. The number of amides is 1. The molecule has 1 aliphatic carbocycles. The predicted molar refractivity (Wildman–Crippen MR) is 110 cm³/mol. The zero-order valence-corrected chi connectivity index (χ0v) is 16.8. The van der Waals surface area contributed by atoms with Gasteiger partial charge in [-0.3, -0.25) is 4.79 Å². The van der Waals surface area contributed by atoms with Crippen molar-refractivity contribution in [2.75, 3.05) is 13.7 Å². The van der Waals surface area contributed by atoms with Crippen LogP contribution < -0.4 is 14.8 Å². The third kappa shape index (κ3) is 4.72. The van der Waals surface area contributed by atoms with Gasteiger partial charge in [0.15, 0.2) is 11.5 Å². The van der Waals surface area contributed by atoms with Crippen LogP contribution in [0.3, 0.4) is 0 Å². The monoisotopic (exact) mass is 397 g/mol. The fourth-order valence-electron chi connectivity index (χ4n) is 4.46. The molecule has 0 spiro atoms. The van der Waals surface area contributed by atoms with Crippen molar-refractivity contribution in [3.63, 3.8) is 0 Å². The summed E-state index contributed by atoms with van der Waals surface area (Å²) >= 11 is 0. The molecule has 0 bridgehead atoms. The molecular formula is C24H28FNO3. The molecule has 1 saturated heterocycles. The highest BCUT2D eigenvalue weighted by Gasteiger charge is 2.30. The van der Waals surface area contributed by atoms with E-state index in [1.807, 2.05) is 6.07 Å². The Hall–Kier alpha value is -2.56. The predicted octanol–water partition coefficient (Wildman–Crippen LogP) is 4.62. The Morgan fingerprint density at radius 2 is 1.83 bits per heavy atom. The smallest absolute Gasteiger partial charge is 0.223 e. The first-order valence-electron chi connectivity index (χ1n) is 10.5. The summed E-state index contributed by atoms with van der Waals surface area (Å²) in [7, 11) is 1.66. The van der Waals surface area contributed by atoms with Gasteiger partial charge in [0, 0.05) is 18.4 Å². The van der Waals surface area contributed by atoms with E-state index in [4.69, 9.17) is 9.47 Å². The summed E-state index contributed by atoms with van der Waals surface area (Å²) in [4.78, 5) is 12.4. The molecule has 0 aromatic heterocycles. The molecule has 2 aromatic rings. The van der Waals surface area contributed by atoms with Gasteiger partial charge in [0.05, 0.1) is 13.2 Å². The van der Waals surface area contributed by atoms with E-state index in [-0.39, 0.29) is 29.7 Å². The van der Waals surface area contributed by atoms with Crippen molar-refractivity contribution in [2.24, 2.45) is 5.92 Å². The Labute approximate surface area is 171 Å². The van der Waals surface area contributed by atoms with Crippen LogP contribution in [0.4, 0.5) is 4.39 Å². The van der Waals surface area contributed by atoms with Crippen LogP contribution in [0.15, 0.2) is 42.5 Å². The minimum atomic E-state index is -0.257. The van der Waals surface area contributed by atoms with Gasteiger partial charge in [0.2, 0.25) is 5.91 Å². The summed E-state index contributed by atoms with van der Waals surface area (Å²) in [5.41, 5.74) is 2.13. The molecule has 154 valence electrons. The number of nitrogens with one attached hydrogen (secondary N) is 1. The Bertz CT molecular complexity index is 846. The van der Waals surface area contributed by atoms with Gasteiger partial charge in [0.1, 0.15) is 5.82 Å². The lowest BCUT2D eigenvalue weighted by atomic mass is 9.82. The average Bonchev–Trinajstić information content (AvgIpc) is 3.24. The Morgan fingerprint density at radius 1 is 1.07 bits per heavy atom. The van der Waals surface area contributed by atoms with Crippen LogP contribution >= 0.6 is 0 Å². The first kappa shape index (κ1) is 19.7. The maximum atomic E-state index is 13.2. The molecule has 1 N–H and O–H groups in total. The van der Waals surface area contributed by atoms with Crippen molar-refractivity contribution in [1.29, 1.82) is 0 Å². The molecule has 5 heteroatoms. The van der Waals surface area contributed by atoms with Gasteiger partial charge >= 0.3 is 0 Å². The van der Waals surface area contributed by atoms with Crippen LogP contribution in [0.1, 0.15) is 49.1 Å². The number of halogens is 1. The van der Waals surface area contributed by atoms with E-state index in [9.17, 15) is 9.18 Å². The summed E-state index contributed by atoms with van der Waals surface area (Å²) in [5, 5.41) is 3.05. The van der Waals surface area contributed by atoms with E-state index in [0.29, 0.717) is 13.0 Å². The molecule has 0 radical (unpaired) electrons. The molecule has 2 aromatic carbocycles. The SMILES string of the molecule is COc1ccc(C2CNC(=O)C(Cc3ccc(F)cc3)C2)cc1OC1CCCC1. The molecule has 2 atom stereocenters. The van der Waals surface area contributed by atoms with Crippen LogP contribution in [0.2, 0.25) is 0 Å². The molecule has 1 aliphatic heterocycles. The van der Waals surface area contributed by atoms with Crippen molar-refractivity contribution < 1.29 is 18.7 Å². The highest BCUT2D eigenvalue weighted by Crippen LogP contribution is 2.37. The molecule has 2 unspecified atom stereocenters. The minimum absolute atomic E-state index is 0.0708. The topological polar surface area (TPSA) is 47.6 Å². The molecule has 4 rings (SSSR count). The van der Waals surface area contributed by atoms with Crippen molar-refractivity contribution in [2.45, 2.75) is 50.5 Å². The molecule has 1 saturated carbocycles. The molecular weight excluding hydrogens is 369 g/mol. The van der Waals surface area contributed by atoms with E-state index < -0.39 is 0 Å². The number of piperidine rings is 1. The molecule has 2 aliphatic rings. The van der Waals surface area contributed by atoms with Crippen LogP contribution in [0.5, 0.6) is 11.5 Å². The van der Waals surface area contributed by atoms with Crippen LogP contribution in [0.25, 0.3) is 0 Å². The lowest BCUT2D eigenvalue weighted by Crippen LogP contribution is -2.41. The van der Waals surface area contributed by atoms with E-state index >= 15 is 0 Å². The molecule has 29 heavy (non-hydrogen) atoms. The highest BCUT2D eigenvalue weighted by atomic mass is 19.1. The number of rotatable bonds is 6. The van der Waals surface area contributed by atoms with Crippen LogP contribution in [-0.4, -0.2) is 25.7 Å². The largest absolute Gasteiger partial charge is 0.493 e. The molecule has 1 heterocycles. The normalized spacial score (nSPS) is 22.3. The van der Waals surface area contributed by atoms with Crippen molar-refractivity contribution in [3.8, 4) is 11.5 Å². The fraction of sp³-hybridized carbons (Fsp3) is 0.458. The number of hydrogen-bond acceptors (Lipinski definition) is 3. The fourth-order valence-corrected chi connectivity index (χ4v) is 4.46. The zero-order chi connectivity index (χ0) is 20.2. The second-order valence-corrected chi connectivity index (χ2v) is 8.14. The third-order valence-corrected chi connectivity index (χ3v) is 6.11. The van der Waals surface area contributed by atoms with Gasteiger partial charge in [0.25, 0.3) is 0 Å². The summed E-state index contributed by atoms with van der Waals surface area (Å²) in [6.45, 7) is 0.619. The van der Waals surface area contributed by atoms with Gasteiger partial charge in [-0.2, -0.15) is 0 Å². The molecule has 2 fully saturated rings. The second-order valence-electron chi connectivity index (χ2n) is 8.14. The third-order valence-electron chi connectivity index (χ3n) is 6.11. The van der Waals surface area contributed by atoms with Gasteiger partial charge in [-0.1, -0.05) is 18.2 Å². The number of carbonyl (C=O) groups is 1. The number of carbonyl (C=O) groups excluding carboxylic acids is 1. The van der Waals surface area contributed by atoms with Crippen molar-refractivity contribution in [1.82, 2.24) is 5.32 Å². The molecule has 1 amide bonds. The van der Waals surface area contributed by atoms with Crippen molar-refractivity contribution in [3.05, 3.63) is 59.4 Å². The Kier molecular flexibility index (Phi) is 6.02. The number of methoxy groups -OCH3 is 1. The second kappa shape index (κ2) is 8.85. The van der Waals surface area contributed by atoms with Crippen LogP contribution in [0, 0.1) is 11.7 Å². The maximum Gasteiger partial charge on any atom is 0.223 e. The van der Waals surface area contributed by atoms with Crippen LogP contribution in [-0.2, 0) is 11.2 Å². The standard InChI is InChI=1S/C24H28FNO3/c1-28-22-11-8-17(14-23(22)29-21-4-2-3-5-21)19-13-18(24(27)26-15-19)12-16-6-9-20(25)10-7-16/h6-11,14,18-19,21H,2-5,12-13,15H2,1H3,(H,26,27).